The number of benzene rings is 2. The zero-order chi connectivity index (χ0) is 23.1. The van der Waals surface area contributed by atoms with Gasteiger partial charge in [-0.05, 0) is 36.8 Å². The second-order valence-electron chi connectivity index (χ2n) is 7.36. The molecule has 0 aliphatic carbocycles. The van der Waals surface area contributed by atoms with Crippen molar-refractivity contribution < 1.29 is 29.3 Å². The number of aliphatic hydroxyl groups excluding tert-OH is 2. The van der Waals surface area contributed by atoms with Crippen LogP contribution in [0.15, 0.2) is 66.8 Å². The third kappa shape index (κ3) is 5.07. The van der Waals surface area contributed by atoms with Crippen molar-refractivity contribution in [1.82, 2.24) is 4.90 Å². The molecule has 168 valence electrons. The van der Waals surface area contributed by atoms with E-state index in [1.54, 1.807) is 30.3 Å². The Bertz CT molecular complexity index is 994. The fourth-order valence-electron chi connectivity index (χ4n) is 3.56. The van der Waals surface area contributed by atoms with Gasteiger partial charge in [-0.15, -0.1) is 0 Å². The maximum atomic E-state index is 13.0. The first kappa shape index (κ1) is 23.2. The van der Waals surface area contributed by atoms with E-state index in [1.807, 2.05) is 31.2 Å². The van der Waals surface area contributed by atoms with Crippen molar-refractivity contribution in [1.29, 1.82) is 0 Å². The van der Waals surface area contributed by atoms with Crippen molar-refractivity contribution in [2.24, 2.45) is 0 Å². The van der Waals surface area contributed by atoms with Gasteiger partial charge in [0.25, 0.3) is 11.7 Å². The van der Waals surface area contributed by atoms with Crippen molar-refractivity contribution >= 4 is 17.4 Å². The van der Waals surface area contributed by atoms with Crippen LogP contribution in [0.5, 0.6) is 5.75 Å². The van der Waals surface area contributed by atoms with E-state index in [2.05, 4.69) is 6.58 Å². The largest absolute Gasteiger partial charge is 0.507 e. The Hall–Kier alpha value is -3.42. The van der Waals surface area contributed by atoms with Gasteiger partial charge in [0, 0.05) is 12.1 Å². The van der Waals surface area contributed by atoms with Gasteiger partial charge in [-0.1, -0.05) is 42.5 Å². The maximum absolute atomic E-state index is 13.0. The Labute approximate surface area is 187 Å². The molecule has 0 aromatic heterocycles. The van der Waals surface area contributed by atoms with Gasteiger partial charge in [-0.25, -0.2) is 0 Å². The lowest BCUT2D eigenvalue weighted by Gasteiger charge is -2.25. The van der Waals surface area contributed by atoms with Gasteiger partial charge >= 0.3 is 0 Å². The molecule has 2 aromatic rings. The molecule has 2 aromatic carbocycles. The molecule has 2 N–H and O–H groups in total. The number of ether oxygens (including phenoxy) is 2. The van der Waals surface area contributed by atoms with Crippen molar-refractivity contribution in [3.63, 3.8) is 0 Å². The van der Waals surface area contributed by atoms with Crippen molar-refractivity contribution in [2.45, 2.75) is 13.0 Å². The third-order valence-electron chi connectivity index (χ3n) is 5.14. The number of hydrogen-bond donors (Lipinski definition) is 2. The van der Waals surface area contributed by atoms with Crippen LogP contribution in [0.25, 0.3) is 5.76 Å². The average molecular weight is 437 g/mol. The molecule has 1 aliphatic rings. The highest BCUT2D eigenvalue weighted by Crippen LogP contribution is 2.39. The number of aryl methyl sites for hydroxylation is 1. The summed E-state index contributed by atoms with van der Waals surface area (Å²) in [5.74, 6) is -1.10. The van der Waals surface area contributed by atoms with Crippen LogP contribution in [0, 0.1) is 6.92 Å². The summed E-state index contributed by atoms with van der Waals surface area (Å²) in [4.78, 5) is 27.2. The second-order valence-corrected chi connectivity index (χ2v) is 7.36. The number of nitrogens with zero attached hydrogens (tertiary/aromatic N) is 1. The van der Waals surface area contributed by atoms with E-state index in [0.29, 0.717) is 23.5 Å². The predicted molar refractivity (Wildman–Crippen MR) is 120 cm³/mol. The minimum absolute atomic E-state index is 0.0285. The normalized spacial score (nSPS) is 17.6. The van der Waals surface area contributed by atoms with Gasteiger partial charge in [0.05, 0.1) is 31.4 Å². The first-order chi connectivity index (χ1) is 15.5. The van der Waals surface area contributed by atoms with Gasteiger partial charge in [0.1, 0.15) is 18.1 Å². The summed E-state index contributed by atoms with van der Waals surface area (Å²) in [6, 6.07) is 13.4. The molecule has 0 radical (unpaired) electrons. The lowest BCUT2D eigenvalue weighted by Crippen LogP contribution is -2.33. The SMILES string of the molecule is C=CCOc1ccc(C(O)=C2C(=O)C(=O)N(CCOCCO)[C@H]2c2ccc(C)cc2)cc1. The molecule has 32 heavy (non-hydrogen) atoms. The number of carbonyl (C=O) groups excluding carboxylic acids is 2. The lowest BCUT2D eigenvalue weighted by molar-refractivity contribution is -0.140. The van der Waals surface area contributed by atoms with E-state index < -0.39 is 17.7 Å². The number of ketones is 1. The van der Waals surface area contributed by atoms with E-state index in [4.69, 9.17) is 14.6 Å². The van der Waals surface area contributed by atoms with Crippen molar-refractivity contribution in [3.8, 4) is 5.75 Å². The Balaban J connectivity index is 2.00. The first-order valence-corrected chi connectivity index (χ1v) is 10.4. The second kappa shape index (κ2) is 10.7. The van der Waals surface area contributed by atoms with Crippen molar-refractivity contribution in [3.05, 3.63) is 83.4 Å². The molecule has 1 aliphatic heterocycles. The topological polar surface area (TPSA) is 96.3 Å². The highest BCUT2D eigenvalue weighted by atomic mass is 16.5. The molecule has 3 rings (SSSR count). The number of amides is 1. The summed E-state index contributed by atoms with van der Waals surface area (Å²) in [6.45, 7) is 6.21. The standard InChI is InChI=1S/C25H27NO6/c1-3-14-32-20-10-8-19(9-11-20)23(28)21-22(18-6-4-17(2)5-7-18)26(25(30)24(21)29)12-15-31-16-13-27/h3-11,22,27-28H,1,12-16H2,2H3/t22-/m0/s1. The number of aliphatic hydroxyl groups is 2. The molecule has 7 heteroatoms. The van der Waals surface area contributed by atoms with Crippen LogP contribution in [0.4, 0.5) is 0 Å². The Morgan fingerprint density at radius 1 is 1.09 bits per heavy atom. The van der Waals surface area contributed by atoms with Crippen LogP contribution in [0.3, 0.4) is 0 Å². The Kier molecular flexibility index (Phi) is 7.81. The molecule has 1 atom stereocenters. The number of rotatable bonds is 10. The fourth-order valence-corrected chi connectivity index (χ4v) is 3.56. The van der Waals surface area contributed by atoms with Crippen LogP contribution in [-0.4, -0.2) is 59.8 Å². The molecule has 1 amide bonds. The summed E-state index contributed by atoms with van der Waals surface area (Å²) < 4.78 is 10.8. The lowest BCUT2D eigenvalue weighted by atomic mass is 9.94. The van der Waals surface area contributed by atoms with E-state index >= 15 is 0 Å². The van der Waals surface area contributed by atoms with Gasteiger partial charge in [0.2, 0.25) is 0 Å². The number of likely N-dealkylation sites (tertiary alicyclic amines) is 1. The number of hydrogen-bond acceptors (Lipinski definition) is 6. The molecule has 0 bridgehead atoms. The van der Waals surface area contributed by atoms with Crippen LogP contribution < -0.4 is 4.74 Å². The number of carbonyl (C=O) groups is 2. The van der Waals surface area contributed by atoms with Crippen molar-refractivity contribution in [2.75, 3.05) is 33.0 Å². The van der Waals surface area contributed by atoms with E-state index in [9.17, 15) is 14.7 Å². The summed E-state index contributed by atoms with van der Waals surface area (Å²) in [5.41, 5.74) is 2.18. The van der Waals surface area contributed by atoms with Crippen LogP contribution in [-0.2, 0) is 14.3 Å². The molecule has 0 unspecified atom stereocenters. The molecule has 1 heterocycles. The maximum Gasteiger partial charge on any atom is 0.295 e. The smallest absolute Gasteiger partial charge is 0.295 e. The van der Waals surface area contributed by atoms with Gasteiger partial charge in [-0.3, -0.25) is 9.59 Å². The summed E-state index contributed by atoms with van der Waals surface area (Å²) >= 11 is 0. The summed E-state index contributed by atoms with van der Waals surface area (Å²) in [5, 5.41) is 20.0. The molecule has 0 spiro atoms. The molecule has 7 nitrogen and oxygen atoms in total. The van der Waals surface area contributed by atoms with Gasteiger partial charge < -0.3 is 24.6 Å². The van der Waals surface area contributed by atoms with E-state index in [0.717, 1.165) is 5.56 Å². The van der Waals surface area contributed by atoms with Crippen LogP contribution >= 0.6 is 0 Å². The van der Waals surface area contributed by atoms with Gasteiger partial charge in [0.15, 0.2) is 0 Å². The Morgan fingerprint density at radius 3 is 2.41 bits per heavy atom. The minimum Gasteiger partial charge on any atom is -0.507 e. The Morgan fingerprint density at radius 2 is 1.78 bits per heavy atom. The minimum atomic E-state index is -0.748. The highest BCUT2D eigenvalue weighted by molar-refractivity contribution is 6.46. The predicted octanol–water partition coefficient (Wildman–Crippen LogP) is 2.99. The number of Topliss-reactive ketones (excluding diaryl/α,β-unsaturated/α-hetero) is 1. The van der Waals surface area contributed by atoms with Gasteiger partial charge in [-0.2, -0.15) is 0 Å². The molecular formula is C25H27NO6. The molecule has 1 saturated heterocycles. The third-order valence-corrected chi connectivity index (χ3v) is 5.14. The van der Waals surface area contributed by atoms with E-state index in [1.165, 1.54) is 4.90 Å². The zero-order valence-corrected chi connectivity index (χ0v) is 18.0. The average Bonchev–Trinajstić information content (AvgIpc) is 3.06. The highest BCUT2D eigenvalue weighted by Gasteiger charge is 2.45. The zero-order valence-electron chi connectivity index (χ0n) is 18.0. The summed E-state index contributed by atoms with van der Waals surface area (Å²) in [7, 11) is 0. The molecule has 0 saturated carbocycles. The fraction of sp³-hybridized carbons (Fsp3) is 0.280. The monoisotopic (exact) mass is 437 g/mol. The quantitative estimate of drug-likeness (QED) is 0.195. The van der Waals surface area contributed by atoms with E-state index in [-0.39, 0.29) is 37.7 Å². The van der Waals surface area contributed by atoms with Crippen LogP contribution in [0.1, 0.15) is 22.7 Å². The molecular weight excluding hydrogens is 410 g/mol. The van der Waals surface area contributed by atoms with Crippen LogP contribution in [0.2, 0.25) is 0 Å². The summed E-state index contributed by atoms with van der Waals surface area (Å²) in [6.07, 6.45) is 1.63. The molecule has 1 fully saturated rings. The first-order valence-electron chi connectivity index (χ1n) is 10.4.